The van der Waals surface area contributed by atoms with Gasteiger partial charge in [-0.2, -0.15) is 0 Å². The summed E-state index contributed by atoms with van der Waals surface area (Å²) in [5, 5.41) is 12.0. The Bertz CT molecular complexity index is 727. The van der Waals surface area contributed by atoms with Gasteiger partial charge in [-0.15, -0.1) is 0 Å². The van der Waals surface area contributed by atoms with E-state index in [2.05, 4.69) is 5.16 Å². The maximum atomic E-state index is 13.5. The fraction of sp³-hybridized carbons (Fsp3) is 0.188. The minimum atomic E-state index is -0.265. The van der Waals surface area contributed by atoms with Gasteiger partial charge in [-0.1, -0.05) is 17.3 Å². The molecule has 0 aromatic heterocycles. The van der Waals surface area contributed by atoms with Gasteiger partial charge in [0.25, 0.3) is 0 Å². The van der Waals surface area contributed by atoms with Crippen LogP contribution in [-0.2, 0) is 6.42 Å². The number of anilines is 2. The molecule has 0 spiro atoms. The Morgan fingerprint density at radius 3 is 2.81 bits per heavy atom. The summed E-state index contributed by atoms with van der Waals surface area (Å²) in [5.74, 6) is -0.214. The zero-order valence-corrected chi connectivity index (χ0v) is 11.7. The number of nitrogens with two attached hydrogens (primary N) is 1. The van der Waals surface area contributed by atoms with E-state index in [1.165, 1.54) is 12.1 Å². The first-order valence-electron chi connectivity index (χ1n) is 6.74. The third-order valence-electron chi connectivity index (χ3n) is 3.77. The standard InChI is InChI=1S/C16H16FN3O/c1-10-2-5-13(16(18)19-21)15(8-10)20-7-6-11-3-4-12(17)9-14(11)20/h2-5,8-9,21H,6-7H2,1H3,(H2,18,19). The Labute approximate surface area is 122 Å². The van der Waals surface area contributed by atoms with E-state index in [1.807, 2.05) is 36.1 Å². The molecule has 3 rings (SSSR count). The Kier molecular flexibility index (Phi) is 3.25. The molecule has 0 saturated heterocycles. The maximum Gasteiger partial charge on any atom is 0.172 e. The number of hydrogen-bond acceptors (Lipinski definition) is 3. The minimum absolute atomic E-state index is 0.0508. The molecule has 108 valence electrons. The van der Waals surface area contributed by atoms with Gasteiger partial charge in [-0.25, -0.2) is 4.39 Å². The van der Waals surface area contributed by atoms with E-state index < -0.39 is 0 Å². The van der Waals surface area contributed by atoms with Gasteiger partial charge in [0.2, 0.25) is 0 Å². The van der Waals surface area contributed by atoms with Crippen LogP contribution in [0.1, 0.15) is 16.7 Å². The molecule has 0 aliphatic carbocycles. The first-order chi connectivity index (χ1) is 10.1. The third-order valence-corrected chi connectivity index (χ3v) is 3.77. The van der Waals surface area contributed by atoms with Crippen LogP contribution in [0.2, 0.25) is 0 Å². The first-order valence-corrected chi connectivity index (χ1v) is 6.74. The van der Waals surface area contributed by atoms with Crippen LogP contribution < -0.4 is 10.6 Å². The highest BCUT2D eigenvalue weighted by atomic mass is 19.1. The van der Waals surface area contributed by atoms with Crippen molar-refractivity contribution < 1.29 is 9.60 Å². The second-order valence-electron chi connectivity index (χ2n) is 5.18. The van der Waals surface area contributed by atoms with E-state index in [9.17, 15) is 4.39 Å². The van der Waals surface area contributed by atoms with Crippen LogP contribution in [-0.4, -0.2) is 17.6 Å². The van der Waals surface area contributed by atoms with Crippen LogP contribution in [0.5, 0.6) is 0 Å². The number of amidine groups is 1. The number of nitrogens with zero attached hydrogens (tertiary/aromatic N) is 2. The van der Waals surface area contributed by atoms with Crippen LogP contribution in [0.25, 0.3) is 0 Å². The summed E-state index contributed by atoms with van der Waals surface area (Å²) in [4.78, 5) is 2.01. The number of fused-ring (bicyclic) bond motifs is 1. The van der Waals surface area contributed by atoms with Crippen molar-refractivity contribution in [3.05, 3.63) is 58.9 Å². The Hall–Kier alpha value is -2.56. The molecule has 5 heteroatoms. The number of halogens is 1. The summed E-state index contributed by atoms with van der Waals surface area (Å²) in [6.07, 6.45) is 0.846. The zero-order valence-electron chi connectivity index (χ0n) is 11.7. The molecule has 0 amide bonds. The van der Waals surface area contributed by atoms with Gasteiger partial charge in [-0.05, 0) is 48.7 Å². The van der Waals surface area contributed by atoms with E-state index in [1.54, 1.807) is 0 Å². The molecular formula is C16H16FN3O. The number of aryl methyl sites for hydroxylation is 1. The number of benzene rings is 2. The van der Waals surface area contributed by atoms with Crippen molar-refractivity contribution in [3.8, 4) is 0 Å². The average Bonchev–Trinajstić information content (AvgIpc) is 2.89. The molecule has 0 radical (unpaired) electrons. The molecule has 0 saturated carbocycles. The lowest BCUT2D eigenvalue weighted by atomic mass is 10.1. The predicted octanol–water partition coefficient (Wildman–Crippen LogP) is 2.92. The van der Waals surface area contributed by atoms with Gasteiger partial charge in [0.05, 0.1) is 5.69 Å². The summed E-state index contributed by atoms with van der Waals surface area (Å²) in [6.45, 7) is 2.72. The van der Waals surface area contributed by atoms with E-state index >= 15 is 0 Å². The fourth-order valence-electron chi connectivity index (χ4n) is 2.74. The van der Waals surface area contributed by atoms with Crippen LogP contribution in [0.4, 0.5) is 15.8 Å². The highest BCUT2D eigenvalue weighted by Crippen LogP contribution is 2.37. The molecule has 0 unspecified atom stereocenters. The predicted molar refractivity (Wildman–Crippen MR) is 80.8 cm³/mol. The minimum Gasteiger partial charge on any atom is -0.409 e. The van der Waals surface area contributed by atoms with Crippen LogP contribution in [0.15, 0.2) is 41.6 Å². The monoisotopic (exact) mass is 285 g/mol. The fourth-order valence-corrected chi connectivity index (χ4v) is 2.74. The molecule has 0 bridgehead atoms. The van der Waals surface area contributed by atoms with Gasteiger partial charge in [0, 0.05) is 17.8 Å². The van der Waals surface area contributed by atoms with Crippen molar-refractivity contribution in [3.63, 3.8) is 0 Å². The van der Waals surface area contributed by atoms with Crippen molar-refractivity contribution in [2.45, 2.75) is 13.3 Å². The van der Waals surface area contributed by atoms with Crippen LogP contribution >= 0.6 is 0 Å². The Balaban J connectivity index is 2.15. The second kappa shape index (κ2) is 5.09. The number of hydrogen-bond donors (Lipinski definition) is 2. The van der Waals surface area contributed by atoms with Gasteiger partial charge < -0.3 is 15.8 Å². The van der Waals surface area contributed by atoms with Gasteiger partial charge in [0.15, 0.2) is 5.84 Å². The molecule has 2 aromatic carbocycles. The second-order valence-corrected chi connectivity index (χ2v) is 5.18. The number of oxime groups is 1. The molecule has 1 aliphatic rings. The van der Waals surface area contributed by atoms with Crippen molar-refractivity contribution in [2.24, 2.45) is 10.9 Å². The Morgan fingerprint density at radius 1 is 1.24 bits per heavy atom. The molecule has 3 N–H and O–H groups in total. The van der Waals surface area contributed by atoms with Crippen molar-refractivity contribution in [2.75, 3.05) is 11.4 Å². The van der Waals surface area contributed by atoms with Gasteiger partial charge >= 0.3 is 0 Å². The van der Waals surface area contributed by atoms with Gasteiger partial charge in [-0.3, -0.25) is 0 Å². The topological polar surface area (TPSA) is 61.9 Å². The SMILES string of the molecule is Cc1ccc(/C(N)=N/O)c(N2CCc3ccc(F)cc32)c1. The summed E-state index contributed by atoms with van der Waals surface area (Å²) >= 11 is 0. The average molecular weight is 285 g/mol. The van der Waals surface area contributed by atoms with Gasteiger partial charge in [0.1, 0.15) is 5.82 Å². The normalized spacial score (nSPS) is 14.4. The molecule has 0 fully saturated rings. The van der Waals surface area contributed by atoms with Crippen molar-refractivity contribution in [1.29, 1.82) is 0 Å². The molecule has 1 aliphatic heterocycles. The highest BCUT2D eigenvalue weighted by Gasteiger charge is 2.24. The van der Waals surface area contributed by atoms with Crippen molar-refractivity contribution >= 4 is 17.2 Å². The number of rotatable bonds is 2. The largest absolute Gasteiger partial charge is 0.409 e. The maximum absolute atomic E-state index is 13.5. The quantitative estimate of drug-likeness (QED) is 0.386. The van der Waals surface area contributed by atoms with Crippen LogP contribution in [0.3, 0.4) is 0 Å². The molecule has 1 heterocycles. The molecule has 2 aromatic rings. The molecular weight excluding hydrogens is 269 g/mol. The lowest BCUT2D eigenvalue weighted by Crippen LogP contribution is -2.21. The summed E-state index contributed by atoms with van der Waals surface area (Å²) in [7, 11) is 0. The zero-order chi connectivity index (χ0) is 15.0. The summed E-state index contributed by atoms with van der Waals surface area (Å²) < 4.78 is 13.5. The smallest absolute Gasteiger partial charge is 0.172 e. The first kappa shape index (κ1) is 13.4. The summed E-state index contributed by atoms with van der Waals surface area (Å²) in [5.41, 5.74) is 10.2. The highest BCUT2D eigenvalue weighted by molar-refractivity contribution is 6.03. The van der Waals surface area contributed by atoms with Crippen molar-refractivity contribution in [1.82, 2.24) is 0 Å². The van der Waals surface area contributed by atoms with E-state index in [0.717, 1.165) is 35.5 Å². The molecule has 0 atom stereocenters. The Morgan fingerprint density at radius 2 is 2.05 bits per heavy atom. The van der Waals surface area contributed by atoms with E-state index in [4.69, 9.17) is 10.9 Å². The third kappa shape index (κ3) is 2.31. The molecule has 21 heavy (non-hydrogen) atoms. The summed E-state index contributed by atoms with van der Waals surface area (Å²) in [6, 6.07) is 10.5. The lowest BCUT2D eigenvalue weighted by molar-refractivity contribution is 0.318. The van der Waals surface area contributed by atoms with E-state index in [0.29, 0.717) is 5.56 Å². The lowest BCUT2D eigenvalue weighted by Gasteiger charge is -2.23. The van der Waals surface area contributed by atoms with Crippen LogP contribution in [0, 0.1) is 12.7 Å². The molecule has 4 nitrogen and oxygen atoms in total. The van der Waals surface area contributed by atoms with E-state index in [-0.39, 0.29) is 11.7 Å².